The molecule has 18 heavy (non-hydrogen) atoms. The van der Waals surface area contributed by atoms with Gasteiger partial charge in [-0.05, 0) is 23.6 Å². The van der Waals surface area contributed by atoms with Crippen LogP contribution in [0.3, 0.4) is 0 Å². The molecule has 92 valence electrons. The van der Waals surface area contributed by atoms with Gasteiger partial charge in [-0.15, -0.1) is 0 Å². The molecule has 2 nitrogen and oxygen atoms in total. The Hall–Kier alpha value is -2.09. The number of benzene rings is 2. The van der Waals surface area contributed by atoms with Gasteiger partial charge in [-0.25, -0.2) is 0 Å². The van der Waals surface area contributed by atoms with E-state index in [-0.39, 0.29) is 0 Å². The number of para-hydroxylation sites is 1. The van der Waals surface area contributed by atoms with Crippen LogP contribution in [0.4, 0.5) is 5.69 Å². The molecule has 0 bridgehead atoms. The Morgan fingerprint density at radius 1 is 0.944 bits per heavy atom. The quantitative estimate of drug-likeness (QED) is 0.343. The van der Waals surface area contributed by atoms with E-state index in [2.05, 4.69) is 26.0 Å². The van der Waals surface area contributed by atoms with E-state index in [1.165, 1.54) is 5.56 Å². The van der Waals surface area contributed by atoms with Crippen LogP contribution in [0.1, 0.15) is 30.9 Å². The van der Waals surface area contributed by atoms with Gasteiger partial charge < -0.3 is 5.21 Å². The molecular weight excluding hydrogens is 222 g/mol. The van der Waals surface area contributed by atoms with E-state index in [4.69, 9.17) is 0 Å². The lowest BCUT2D eigenvalue weighted by molar-refractivity contribution is -0.354. The molecule has 0 fully saturated rings. The predicted octanol–water partition coefficient (Wildman–Crippen LogP) is 4.07. The Morgan fingerprint density at radius 3 is 2.11 bits per heavy atom. The van der Waals surface area contributed by atoms with Gasteiger partial charge in [-0.1, -0.05) is 44.2 Å². The minimum atomic E-state index is 0.511. The van der Waals surface area contributed by atoms with Crippen LogP contribution in [0, 0.1) is 5.21 Å². The summed E-state index contributed by atoms with van der Waals surface area (Å²) in [5, 5.41) is 11.9. The molecule has 0 unspecified atom stereocenters. The average molecular weight is 239 g/mol. The SMILES string of the molecule is CC(C)c1ccc(/C=[N+](\[O-])c2ccccc2)cc1. The number of nitrogens with zero attached hydrogens (tertiary/aromatic N) is 1. The molecule has 0 atom stereocenters. The van der Waals surface area contributed by atoms with Crippen molar-refractivity contribution in [3.8, 4) is 0 Å². The van der Waals surface area contributed by atoms with Crippen LogP contribution >= 0.6 is 0 Å². The second-order valence-electron chi connectivity index (χ2n) is 4.61. The first-order valence-corrected chi connectivity index (χ1v) is 6.13. The van der Waals surface area contributed by atoms with E-state index < -0.39 is 0 Å². The molecule has 0 N–H and O–H groups in total. The highest BCUT2D eigenvalue weighted by atomic mass is 16.5. The van der Waals surface area contributed by atoms with E-state index in [0.717, 1.165) is 10.3 Å². The summed E-state index contributed by atoms with van der Waals surface area (Å²) in [4.78, 5) is 0. The normalized spacial score (nSPS) is 11.8. The lowest BCUT2D eigenvalue weighted by Gasteiger charge is -2.05. The Morgan fingerprint density at radius 2 is 1.56 bits per heavy atom. The minimum absolute atomic E-state index is 0.511. The zero-order chi connectivity index (χ0) is 13.0. The highest BCUT2D eigenvalue weighted by Gasteiger charge is 2.02. The van der Waals surface area contributed by atoms with Gasteiger partial charge in [-0.3, -0.25) is 0 Å². The van der Waals surface area contributed by atoms with Crippen molar-refractivity contribution in [1.29, 1.82) is 0 Å². The summed E-state index contributed by atoms with van der Waals surface area (Å²) < 4.78 is 0.893. The third kappa shape index (κ3) is 2.98. The number of hydrogen-bond acceptors (Lipinski definition) is 1. The molecule has 0 aliphatic rings. The van der Waals surface area contributed by atoms with Gasteiger partial charge in [0.15, 0.2) is 6.21 Å². The third-order valence-corrected chi connectivity index (χ3v) is 2.88. The Kier molecular flexibility index (Phi) is 3.78. The van der Waals surface area contributed by atoms with Crippen molar-refractivity contribution in [2.75, 3.05) is 0 Å². The van der Waals surface area contributed by atoms with Crippen molar-refractivity contribution in [3.63, 3.8) is 0 Å². The fraction of sp³-hybridized carbons (Fsp3) is 0.188. The summed E-state index contributed by atoms with van der Waals surface area (Å²) in [5.74, 6) is 0.511. The standard InChI is InChI=1S/C16H17NO/c1-13(2)15-10-8-14(9-11-15)12-17(18)16-6-4-3-5-7-16/h3-13H,1-2H3/b17-12-. The summed E-state index contributed by atoms with van der Waals surface area (Å²) in [6.07, 6.45) is 1.60. The second kappa shape index (κ2) is 5.50. The molecule has 2 aromatic carbocycles. The van der Waals surface area contributed by atoms with E-state index in [0.29, 0.717) is 11.6 Å². The molecular formula is C16H17NO. The lowest BCUT2D eigenvalue weighted by Crippen LogP contribution is -1.98. The van der Waals surface area contributed by atoms with Gasteiger partial charge in [0.1, 0.15) is 0 Å². The molecule has 0 saturated carbocycles. The maximum Gasteiger partial charge on any atom is 0.216 e. The van der Waals surface area contributed by atoms with Crippen LogP contribution in [-0.4, -0.2) is 11.0 Å². The van der Waals surface area contributed by atoms with E-state index in [1.54, 1.807) is 18.3 Å². The maximum absolute atomic E-state index is 11.9. The predicted molar refractivity (Wildman–Crippen MR) is 75.4 cm³/mol. The Labute approximate surface area is 108 Å². The van der Waals surface area contributed by atoms with Gasteiger partial charge in [-0.2, -0.15) is 4.74 Å². The zero-order valence-electron chi connectivity index (χ0n) is 10.7. The number of rotatable bonds is 3. The molecule has 2 aromatic rings. The molecule has 0 aliphatic heterocycles. The van der Waals surface area contributed by atoms with Crippen LogP contribution < -0.4 is 0 Å². The van der Waals surface area contributed by atoms with Gasteiger partial charge >= 0.3 is 0 Å². The second-order valence-corrected chi connectivity index (χ2v) is 4.61. The molecule has 0 saturated heterocycles. The first-order chi connectivity index (χ1) is 8.66. The first-order valence-electron chi connectivity index (χ1n) is 6.13. The van der Waals surface area contributed by atoms with Crippen LogP contribution in [0.25, 0.3) is 0 Å². The van der Waals surface area contributed by atoms with Crippen molar-refractivity contribution in [2.24, 2.45) is 0 Å². The average Bonchev–Trinajstić information content (AvgIpc) is 2.40. The van der Waals surface area contributed by atoms with Crippen LogP contribution in [0.5, 0.6) is 0 Å². The smallest absolute Gasteiger partial charge is 0.216 e. The number of hydrogen-bond donors (Lipinski definition) is 0. The monoisotopic (exact) mass is 239 g/mol. The summed E-state index contributed by atoms with van der Waals surface area (Å²) >= 11 is 0. The van der Waals surface area contributed by atoms with Crippen molar-refractivity contribution in [3.05, 3.63) is 70.9 Å². The molecule has 2 heteroatoms. The Balaban J connectivity index is 2.23. The highest BCUT2D eigenvalue weighted by molar-refractivity contribution is 5.76. The summed E-state index contributed by atoms with van der Waals surface area (Å²) in [7, 11) is 0. The minimum Gasteiger partial charge on any atom is -0.618 e. The fourth-order valence-electron chi connectivity index (χ4n) is 1.75. The molecule has 0 spiro atoms. The van der Waals surface area contributed by atoms with E-state index in [1.807, 2.05) is 30.3 Å². The van der Waals surface area contributed by atoms with Crippen molar-refractivity contribution >= 4 is 11.9 Å². The molecule has 0 aromatic heterocycles. The van der Waals surface area contributed by atoms with Crippen LogP contribution in [-0.2, 0) is 0 Å². The Bertz CT molecular complexity index is 527. The fourth-order valence-corrected chi connectivity index (χ4v) is 1.75. The van der Waals surface area contributed by atoms with Crippen molar-refractivity contribution < 1.29 is 4.74 Å². The zero-order valence-corrected chi connectivity index (χ0v) is 10.7. The van der Waals surface area contributed by atoms with Gasteiger partial charge in [0.2, 0.25) is 5.69 Å². The molecule has 0 aliphatic carbocycles. The highest BCUT2D eigenvalue weighted by Crippen LogP contribution is 2.14. The third-order valence-electron chi connectivity index (χ3n) is 2.88. The van der Waals surface area contributed by atoms with Crippen LogP contribution in [0.15, 0.2) is 54.6 Å². The first kappa shape index (κ1) is 12.4. The topological polar surface area (TPSA) is 26.1 Å². The van der Waals surface area contributed by atoms with Gasteiger partial charge in [0, 0.05) is 17.7 Å². The van der Waals surface area contributed by atoms with Crippen molar-refractivity contribution in [2.45, 2.75) is 19.8 Å². The molecule has 0 amide bonds. The van der Waals surface area contributed by atoms with E-state index in [9.17, 15) is 5.21 Å². The van der Waals surface area contributed by atoms with Gasteiger partial charge in [0.25, 0.3) is 0 Å². The van der Waals surface area contributed by atoms with Crippen LogP contribution in [0.2, 0.25) is 0 Å². The summed E-state index contributed by atoms with van der Waals surface area (Å²) in [5.41, 5.74) is 2.84. The van der Waals surface area contributed by atoms with Crippen molar-refractivity contribution in [1.82, 2.24) is 0 Å². The molecule has 2 rings (SSSR count). The molecule has 0 radical (unpaired) electrons. The van der Waals surface area contributed by atoms with E-state index >= 15 is 0 Å². The lowest BCUT2D eigenvalue weighted by atomic mass is 10.0. The maximum atomic E-state index is 11.9. The summed E-state index contributed by atoms with van der Waals surface area (Å²) in [6.45, 7) is 4.31. The molecule has 0 heterocycles. The largest absolute Gasteiger partial charge is 0.618 e. The summed E-state index contributed by atoms with van der Waals surface area (Å²) in [6, 6.07) is 17.3. The van der Waals surface area contributed by atoms with Gasteiger partial charge in [0.05, 0.1) is 0 Å².